The minimum atomic E-state index is 0.642. The standard InChI is InChI=1S/C14H17NO/c1-11-6-7-13(9-15)14(8-11)16-10-12-4-2-3-5-12/h6-8,12H,2-5,10H2,1H3. The van der Waals surface area contributed by atoms with Crippen molar-refractivity contribution in [3.8, 4) is 11.8 Å². The van der Waals surface area contributed by atoms with E-state index in [2.05, 4.69) is 6.07 Å². The van der Waals surface area contributed by atoms with Gasteiger partial charge in [0.2, 0.25) is 0 Å². The fourth-order valence-corrected chi connectivity index (χ4v) is 2.23. The Kier molecular flexibility index (Phi) is 3.46. The van der Waals surface area contributed by atoms with Crippen LogP contribution in [0, 0.1) is 24.2 Å². The molecule has 0 radical (unpaired) electrons. The van der Waals surface area contributed by atoms with Crippen LogP contribution >= 0.6 is 0 Å². The third-order valence-corrected chi connectivity index (χ3v) is 3.21. The van der Waals surface area contributed by atoms with E-state index < -0.39 is 0 Å². The zero-order chi connectivity index (χ0) is 11.4. The highest BCUT2D eigenvalue weighted by Crippen LogP contribution is 2.27. The first-order valence-electron chi connectivity index (χ1n) is 5.93. The van der Waals surface area contributed by atoms with E-state index in [0.717, 1.165) is 17.9 Å². The van der Waals surface area contributed by atoms with Crippen LogP contribution < -0.4 is 4.74 Å². The predicted octanol–water partition coefficient (Wildman–Crippen LogP) is 3.44. The van der Waals surface area contributed by atoms with Gasteiger partial charge in [-0.05, 0) is 43.4 Å². The number of nitrogens with zero attached hydrogens (tertiary/aromatic N) is 1. The van der Waals surface area contributed by atoms with Crippen LogP contribution in [0.25, 0.3) is 0 Å². The number of hydrogen-bond donors (Lipinski definition) is 0. The molecule has 1 aromatic rings. The minimum Gasteiger partial charge on any atom is -0.492 e. The van der Waals surface area contributed by atoms with E-state index in [-0.39, 0.29) is 0 Å². The Morgan fingerprint density at radius 3 is 2.81 bits per heavy atom. The number of nitriles is 1. The first-order valence-corrected chi connectivity index (χ1v) is 5.93. The molecule has 16 heavy (non-hydrogen) atoms. The van der Waals surface area contributed by atoms with Crippen molar-refractivity contribution in [2.75, 3.05) is 6.61 Å². The Labute approximate surface area is 96.9 Å². The molecule has 84 valence electrons. The molecule has 1 saturated carbocycles. The van der Waals surface area contributed by atoms with Crippen molar-refractivity contribution in [1.82, 2.24) is 0 Å². The van der Waals surface area contributed by atoms with Gasteiger partial charge < -0.3 is 4.74 Å². The lowest BCUT2D eigenvalue weighted by molar-refractivity contribution is 0.251. The van der Waals surface area contributed by atoms with Crippen LogP contribution in [0.1, 0.15) is 36.8 Å². The van der Waals surface area contributed by atoms with Gasteiger partial charge in [0.1, 0.15) is 11.8 Å². The van der Waals surface area contributed by atoms with Crippen molar-refractivity contribution in [3.63, 3.8) is 0 Å². The normalized spacial score (nSPS) is 16.0. The number of hydrogen-bond acceptors (Lipinski definition) is 2. The van der Waals surface area contributed by atoms with E-state index in [4.69, 9.17) is 10.00 Å². The molecular weight excluding hydrogens is 198 g/mol. The maximum atomic E-state index is 8.97. The Balaban J connectivity index is 2.02. The maximum absolute atomic E-state index is 8.97. The molecular formula is C14H17NO. The first kappa shape index (κ1) is 11.0. The second kappa shape index (κ2) is 5.03. The van der Waals surface area contributed by atoms with Gasteiger partial charge in [-0.1, -0.05) is 18.9 Å². The van der Waals surface area contributed by atoms with Gasteiger partial charge in [-0.15, -0.1) is 0 Å². The molecule has 0 N–H and O–H groups in total. The number of ether oxygens (including phenoxy) is 1. The van der Waals surface area contributed by atoms with Crippen LogP contribution in [0.15, 0.2) is 18.2 Å². The van der Waals surface area contributed by atoms with Crippen LogP contribution in [0.2, 0.25) is 0 Å². The van der Waals surface area contributed by atoms with Gasteiger partial charge >= 0.3 is 0 Å². The molecule has 0 aromatic heterocycles. The van der Waals surface area contributed by atoms with Crippen molar-refractivity contribution < 1.29 is 4.74 Å². The molecule has 0 atom stereocenters. The molecule has 1 fully saturated rings. The summed E-state index contributed by atoms with van der Waals surface area (Å²) >= 11 is 0. The lowest BCUT2D eigenvalue weighted by Gasteiger charge is -2.12. The lowest BCUT2D eigenvalue weighted by atomic mass is 10.1. The molecule has 0 bridgehead atoms. The summed E-state index contributed by atoms with van der Waals surface area (Å²) in [7, 11) is 0. The van der Waals surface area contributed by atoms with E-state index >= 15 is 0 Å². The Morgan fingerprint density at radius 1 is 1.38 bits per heavy atom. The highest BCUT2D eigenvalue weighted by Gasteiger charge is 2.16. The van der Waals surface area contributed by atoms with Gasteiger partial charge in [0.25, 0.3) is 0 Å². The molecule has 2 heteroatoms. The fraction of sp³-hybridized carbons (Fsp3) is 0.500. The summed E-state index contributed by atoms with van der Waals surface area (Å²) in [4.78, 5) is 0. The Hall–Kier alpha value is -1.49. The monoisotopic (exact) mass is 215 g/mol. The molecule has 0 saturated heterocycles. The first-order chi connectivity index (χ1) is 7.79. The van der Waals surface area contributed by atoms with Crippen molar-refractivity contribution in [2.45, 2.75) is 32.6 Å². The Bertz CT molecular complexity index is 400. The average molecular weight is 215 g/mol. The SMILES string of the molecule is Cc1ccc(C#N)c(OCC2CCCC2)c1. The molecule has 2 rings (SSSR count). The smallest absolute Gasteiger partial charge is 0.137 e. The van der Waals surface area contributed by atoms with Crippen molar-refractivity contribution in [3.05, 3.63) is 29.3 Å². The summed E-state index contributed by atoms with van der Waals surface area (Å²) in [5.74, 6) is 1.43. The second-order valence-electron chi connectivity index (χ2n) is 4.57. The molecule has 1 aliphatic carbocycles. The van der Waals surface area contributed by atoms with Crippen LogP contribution in [0.3, 0.4) is 0 Å². The quantitative estimate of drug-likeness (QED) is 0.773. The van der Waals surface area contributed by atoms with E-state index in [1.165, 1.54) is 25.7 Å². The van der Waals surface area contributed by atoms with Crippen LogP contribution in [0.4, 0.5) is 0 Å². The van der Waals surface area contributed by atoms with E-state index in [1.54, 1.807) is 0 Å². The average Bonchev–Trinajstić information content (AvgIpc) is 2.79. The summed E-state index contributed by atoms with van der Waals surface area (Å²) in [6.07, 6.45) is 5.20. The Morgan fingerprint density at radius 2 is 2.12 bits per heavy atom. The van der Waals surface area contributed by atoms with Crippen molar-refractivity contribution in [2.24, 2.45) is 5.92 Å². The molecule has 0 heterocycles. The largest absolute Gasteiger partial charge is 0.492 e. The third-order valence-electron chi connectivity index (χ3n) is 3.21. The third kappa shape index (κ3) is 2.55. The van der Waals surface area contributed by atoms with Gasteiger partial charge in [0.05, 0.1) is 12.2 Å². The fourth-order valence-electron chi connectivity index (χ4n) is 2.23. The highest BCUT2D eigenvalue weighted by molar-refractivity contribution is 5.44. The van der Waals surface area contributed by atoms with E-state index in [9.17, 15) is 0 Å². The molecule has 1 aliphatic rings. The lowest BCUT2D eigenvalue weighted by Crippen LogP contribution is -2.08. The molecule has 0 unspecified atom stereocenters. The topological polar surface area (TPSA) is 33.0 Å². The summed E-state index contributed by atoms with van der Waals surface area (Å²) in [6, 6.07) is 7.90. The number of benzene rings is 1. The van der Waals surface area contributed by atoms with Crippen molar-refractivity contribution in [1.29, 1.82) is 5.26 Å². The van der Waals surface area contributed by atoms with Gasteiger partial charge in [-0.25, -0.2) is 0 Å². The zero-order valence-electron chi connectivity index (χ0n) is 9.70. The molecule has 2 nitrogen and oxygen atoms in total. The van der Waals surface area contributed by atoms with Gasteiger partial charge in [0.15, 0.2) is 0 Å². The van der Waals surface area contributed by atoms with E-state index in [1.807, 2.05) is 25.1 Å². The predicted molar refractivity (Wildman–Crippen MR) is 63.3 cm³/mol. The molecule has 1 aromatic carbocycles. The summed E-state index contributed by atoms with van der Waals surface area (Å²) in [5.41, 5.74) is 1.78. The van der Waals surface area contributed by atoms with E-state index in [0.29, 0.717) is 11.5 Å². The molecule has 0 aliphatic heterocycles. The summed E-state index contributed by atoms with van der Waals surface area (Å²) < 4.78 is 5.77. The molecule has 0 amide bonds. The summed E-state index contributed by atoms with van der Waals surface area (Å²) in [5, 5.41) is 8.97. The van der Waals surface area contributed by atoms with Gasteiger partial charge in [-0.3, -0.25) is 0 Å². The van der Waals surface area contributed by atoms with Gasteiger partial charge in [0, 0.05) is 0 Å². The molecule has 0 spiro atoms. The van der Waals surface area contributed by atoms with Crippen LogP contribution in [0.5, 0.6) is 5.75 Å². The van der Waals surface area contributed by atoms with Gasteiger partial charge in [-0.2, -0.15) is 5.26 Å². The maximum Gasteiger partial charge on any atom is 0.137 e. The number of rotatable bonds is 3. The minimum absolute atomic E-state index is 0.642. The van der Waals surface area contributed by atoms with Crippen LogP contribution in [-0.2, 0) is 0 Å². The van der Waals surface area contributed by atoms with Crippen LogP contribution in [-0.4, -0.2) is 6.61 Å². The highest BCUT2D eigenvalue weighted by atomic mass is 16.5. The number of aryl methyl sites for hydroxylation is 1. The zero-order valence-corrected chi connectivity index (χ0v) is 9.70. The van der Waals surface area contributed by atoms with Crippen molar-refractivity contribution >= 4 is 0 Å². The summed E-state index contributed by atoms with van der Waals surface area (Å²) in [6.45, 7) is 2.78. The second-order valence-corrected chi connectivity index (χ2v) is 4.57.